The zero-order valence-electron chi connectivity index (χ0n) is 19.9. The van der Waals surface area contributed by atoms with E-state index in [0.29, 0.717) is 30.0 Å². The summed E-state index contributed by atoms with van der Waals surface area (Å²) < 4.78 is 5.71. The van der Waals surface area contributed by atoms with Crippen LogP contribution in [-0.4, -0.2) is 23.5 Å². The van der Waals surface area contributed by atoms with Gasteiger partial charge in [-0.1, -0.05) is 56.5 Å². The maximum absolute atomic E-state index is 12.5. The summed E-state index contributed by atoms with van der Waals surface area (Å²) in [7, 11) is 0. The third kappa shape index (κ3) is 8.87. The summed E-state index contributed by atoms with van der Waals surface area (Å²) >= 11 is 5.26. The highest BCUT2D eigenvalue weighted by Crippen LogP contribution is 2.14. The van der Waals surface area contributed by atoms with Crippen LogP contribution in [0.2, 0.25) is 0 Å². The van der Waals surface area contributed by atoms with Gasteiger partial charge in [0.05, 0.1) is 6.61 Å². The van der Waals surface area contributed by atoms with Crippen molar-refractivity contribution in [1.82, 2.24) is 10.6 Å². The molecule has 0 aliphatic heterocycles. The summed E-state index contributed by atoms with van der Waals surface area (Å²) in [6.07, 6.45) is 4.59. The topological polar surface area (TPSA) is 79.5 Å². The second-order valence-electron chi connectivity index (χ2n) is 8.09. The predicted molar refractivity (Wildman–Crippen MR) is 144 cm³/mol. The van der Waals surface area contributed by atoms with Crippen LogP contribution in [0.1, 0.15) is 58.9 Å². The second-order valence-corrected chi connectivity index (χ2v) is 8.50. The minimum absolute atomic E-state index is 0.162. The van der Waals surface area contributed by atoms with E-state index in [1.165, 1.54) is 12.8 Å². The molecule has 0 unspecified atom stereocenters. The molecule has 35 heavy (non-hydrogen) atoms. The fourth-order valence-electron chi connectivity index (χ4n) is 3.34. The Hall–Kier alpha value is -3.71. The SMILES string of the molecule is CCCCCCOc1ccc(C(=O)NC(=S)Nc2ccc(C(=O)NCc3ccccc3)cc2)cc1. The fraction of sp³-hybridized carbons (Fsp3) is 0.250. The minimum Gasteiger partial charge on any atom is -0.494 e. The van der Waals surface area contributed by atoms with Crippen molar-refractivity contribution in [3.05, 3.63) is 95.6 Å². The molecule has 0 saturated carbocycles. The van der Waals surface area contributed by atoms with Gasteiger partial charge in [0.2, 0.25) is 0 Å². The first-order valence-corrected chi connectivity index (χ1v) is 12.2. The van der Waals surface area contributed by atoms with Crippen LogP contribution in [-0.2, 0) is 6.54 Å². The molecule has 0 saturated heterocycles. The van der Waals surface area contributed by atoms with Crippen LogP contribution < -0.4 is 20.7 Å². The summed E-state index contributed by atoms with van der Waals surface area (Å²) in [4.78, 5) is 24.8. The number of carbonyl (C=O) groups is 2. The van der Waals surface area contributed by atoms with Gasteiger partial charge in [0, 0.05) is 23.4 Å². The normalized spacial score (nSPS) is 10.3. The van der Waals surface area contributed by atoms with E-state index in [9.17, 15) is 9.59 Å². The number of hydrogen-bond acceptors (Lipinski definition) is 4. The molecule has 0 heterocycles. The predicted octanol–water partition coefficient (Wildman–Crippen LogP) is 5.70. The first kappa shape index (κ1) is 25.9. The molecule has 0 spiro atoms. The average molecular weight is 490 g/mol. The van der Waals surface area contributed by atoms with Gasteiger partial charge in [-0.2, -0.15) is 0 Å². The number of anilines is 1. The summed E-state index contributed by atoms with van der Waals surface area (Å²) in [5, 5.41) is 8.70. The Kier molecular flexibility index (Phi) is 10.3. The lowest BCUT2D eigenvalue weighted by Crippen LogP contribution is -2.34. The number of hydrogen-bond donors (Lipinski definition) is 3. The van der Waals surface area contributed by atoms with Crippen LogP contribution in [0.25, 0.3) is 0 Å². The van der Waals surface area contributed by atoms with Gasteiger partial charge in [-0.25, -0.2) is 0 Å². The molecule has 0 atom stereocenters. The summed E-state index contributed by atoms with van der Waals surface area (Å²) in [5.74, 6) is 0.269. The Labute approximate surface area is 212 Å². The molecule has 7 heteroatoms. The van der Waals surface area contributed by atoms with Crippen LogP contribution in [0, 0.1) is 0 Å². The molecule has 0 aromatic heterocycles. The van der Waals surface area contributed by atoms with Crippen LogP contribution in [0.4, 0.5) is 5.69 Å². The van der Waals surface area contributed by atoms with E-state index in [2.05, 4.69) is 22.9 Å². The molecule has 182 valence electrons. The molecule has 0 radical (unpaired) electrons. The van der Waals surface area contributed by atoms with Crippen molar-refractivity contribution in [1.29, 1.82) is 0 Å². The summed E-state index contributed by atoms with van der Waals surface area (Å²) in [5.41, 5.74) is 2.72. The molecule has 3 aromatic rings. The molecular weight excluding hydrogens is 458 g/mol. The van der Waals surface area contributed by atoms with Crippen LogP contribution in [0.15, 0.2) is 78.9 Å². The number of benzene rings is 3. The lowest BCUT2D eigenvalue weighted by Gasteiger charge is -2.11. The fourth-order valence-corrected chi connectivity index (χ4v) is 3.55. The summed E-state index contributed by atoms with van der Waals surface area (Å²) in [6, 6.07) is 23.6. The first-order chi connectivity index (χ1) is 17.0. The first-order valence-electron chi connectivity index (χ1n) is 11.8. The Morgan fingerprint density at radius 3 is 2.14 bits per heavy atom. The van der Waals surface area contributed by atoms with Crippen molar-refractivity contribution in [2.24, 2.45) is 0 Å². The lowest BCUT2D eigenvalue weighted by atomic mass is 10.1. The highest BCUT2D eigenvalue weighted by atomic mass is 32.1. The van der Waals surface area contributed by atoms with Gasteiger partial charge >= 0.3 is 0 Å². The van der Waals surface area contributed by atoms with Crippen LogP contribution >= 0.6 is 12.2 Å². The van der Waals surface area contributed by atoms with Gasteiger partial charge in [-0.05, 0) is 72.7 Å². The van der Waals surface area contributed by atoms with E-state index in [4.69, 9.17) is 17.0 Å². The molecule has 0 fully saturated rings. The smallest absolute Gasteiger partial charge is 0.257 e. The monoisotopic (exact) mass is 489 g/mol. The number of thiocarbonyl (C=S) groups is 1. The number of unbranched alkanes of at least 4 members (excludes halogenated alkanes) is 3. The maximum atomic E-state index is 12.5. The van der Waals surface area contributed by atoms with Crippen molar-refractivity contribution in [3.8, 4) is 5.75 Å². The molecule has 0 aliphatic carbocycles. The largest absolute Gasteiger partial charge is 0.494 e. The molecule has 0 aliphatic rings. The van der Waals surface area contributed by atoms with Crippen LogP contribution in [0.3, 0.4) is 0 Å². The number of amides is 2. The zero-order valence-corrected chi connectivity index (χ0v) is 20.7. The molecule has 3 aromatic carbocycles. The third-order valence-corrected chi connectivity index (χ3v) is 5.52. The minimum atomic E-state index is -0.311. The molecular formula is C28H31N3O3S. The van der Waals surface area contributed by atoms with E-state index in [0.717, 1.165) is 24.2 Å². The average Bonchev–Trinajstić information content (AvgIpc) is 2.88. The lowest BCUT2D eigenvalue weighted by molar-refractivity contribution is 0.0948. The molecule has 3 rings (SSSR count). The Morgan fingerprint density at radius 2 is 1.46 bits per heavy atom. The number of rotatable bonds is 11. The van der Waals surface area contributed by atoms with Gasteiger partial charge in [-0.3, -0.25) is 14.9 Å². The van der Waals surface area contributed by atoms with Crippen molar-refractivity contribution < 1.29 is 14.3 Å². The third-order valence-electron chi connectivity index (χ3n) is 5.31. The number of ether oxygens (including phenoxy) is 1. The maximum Gasteiger partial charge on any atom is 0.257 e. The molecule has 2 amide bonds. The quantitative estimate of drug-likeness (QED) is 0.238. The van der Waals surface area contributed by atoms with Gasteiger partial charge in [-0.15, -0.1) is 0 Å². The Bertz CT molecular complexity index is 1100. The van der Waals surface area contributed by atoms with E-state index < -0.39 is 0 Å². The standard InChI is InChI=1S/C28H31N3O3S/c1-2-3-4-8-19-34-25-17-13-23(14-18-25)27(33)31-28(35)30-24-15-11-22(12-16-24)26(32)29-20-21-9-6-5-7-10-21/h5-7,9-18H,2-4,8,19-20H2,1H3,(H,29,32)(H2,30,31,33,35). The van der Waals surface area contributed by atoms with Gasteiger partial charge in [0.1, 0.15) is 5.75 Å². The number of carbonyl (C=O) groups excluding carboxylic acids is 2. The van der Waals surface area contributed by atoms with Crippen molar-refractivity contribution in [2.45, 2.75) is 39.2 Å². The second kappa shape index (κ2) is 13.9. The molecule has 0 bridgehead atoms. The highest BCUT2D eigenvalue weighted by Gasteiger charge is 2.10. The highest BCUT2D eigenvalue weighted by molar-refractivity contribution is 7.80. The van der Waals surface area contributed by atoms with Crippen molar-refractivity contribution in [2.75, 3.05) is 11.9 Å². The molecule has 6 nitrogen and oxygen atoms in total. The Morgan fingerprint density at radius 1 is 0.800 bits per heavy atom. The summed E-state index contributed by atoms with van der Waals surface area (Å²) in [6.45, 7) is 3.31. The van der Waals surface area contributed by atoms with E-state index in [1.54, 1.807) is 48.5 Å². The Balaban J connectivity index is 1.43. The van der Waals surface area contributed by atoms with E-state index in [1.807, 2.05) is 30.3 Å². The van der Waals surface area contributed by atoms with E-state index in [-0.39, 0.29) is 16.9 Å². The van der Waals surface area contributed by atoms with Gasteiger partial charge in [0.25, 0.3) is 11.8 Å². The molecule has 3 N–H and O–H groups in total. The van der Waals surface area contributed by atoms with Crippen molar-refractivity contribution in [3.63, 3.8) is 0 Å². The van der Waals surface area contributed by atoms with Gasteiger partial charge < -0.3 is 15.4 Å². The van der Waals surface area contributed by atoms with Crippen molar-refractivity contribution >= 4 is 34.8 Å². The van der Waals surface area contributed by atoms with Crippen LogP contribution in [0.5, 0.6) is 5.75 Å². The zero-order chi connectivity index (χ0) is 24.9. The number of nitrogens with one attached hydrogen (secondary N) is 3. The van der Waals surface area contributed by atoms with E-state index >= 15 is 0 Å². The van der Waals surface area contributed by atoms with Gasteiger partial charge in [0.15, 0.2) is 5.11 Å².